The van der Waals surface area contributed by atoms with Crippen molar-refractivity contribution in [1.82, 2.24) is 4.98 Å². The Labute approximate surface area is 83.3 Å². The summed E-state index contributed by atoms with van der Waals surface area (Å²) in [6, 6.07) is 3.77. The molecular weight excluding hydrogens is 178 g/mol. The van der Waals surface area contributed by atoms with Crippen LogP contribution in [-0.4, -0.2) is 11.1 Å². The van der Waals surface area contributed by atoms with Crippen molar-refractivity contribution in [2.24, 2.45) is 11.5 Å². The number of ether oxygens (including phenoxy) is 1. The molecule has 4 N–H and O–H groups in total. The van der Waals surface area contributed by atoms with E-state index in [1.165, 1.54) is 0 Å². The van der Waals surface area contributed by atoms with Crippen LogP contribution in [-0.2, 0) is 13.1 Å². The Hall–Kier alpha value is -1.13. The van der Waals surface area contributed by atoms with Crippen molar-refractivity contribution < 1.29 is 4.74 Å². The van der Waals surface area contributed by atoms with Gasteiger partial charge >= 0.3 is 0 Å². The van der Waals surface area contributed by atoms with E-state index >= 15 is 0 Å². The summed E-state index contributed by atoms with van der Waals surface area (Å²) in [6.07, 6.45) is 2.70. The quantitative estimate of drug-likeness (QED) is 0.732. The Morgan fingerprint density at radius 2 is 1.79 bits per heavy atom. The second-order valence-electron chi connectivity index (χ2n) is 3.51. The zero-order chi connectivity index (χ0) is 9.97. The third kappa shape index (κ3) is 2.21. The Morgan fingerprint density at radius 3 is 2.21 bits per heavy atom. The number of nitrogens with two attached hydrogens (primary N) is 2. The standard InChI is InChI=1S/C10H15N3O/c11-5-7-3-10(14-9-1-2-9)4-8(6-12)13-7/h3-4,9H,1-2,5-6,11-12H2. The molecule has 1 fully saturated rings. The molecule has 0 spiro atoms. The second kappa shape index (κ2) is 3.94. The zero-order valence-corrected chi connectivity index (χ0v) is 8.07. The number of rotatable bonds is 4. The summed E-state index contributed by atoms with van der Waals surface area (Å²) >= 11 is 0. The Morgan fingerprint density at radius 1 is 1.21 bits per heavy atom. The maximum atomic E-state index is 5.66. The van der Waals surface area contributed by atoms with Gasteiger partial charge in [0, 0.05) is 25.2 Å². The first-order valence-corrected chi connectivity index (χ1v) is 4.88. The Kier molecular flexibility index (Phi) is 2.65. The molecule has 0 atom stereocenters. The Bertz CT molecular complexity index is 301. The van der Waals surface area contributed by atoms with E-state index in [4.69, 9.17) is 16.2 Å². The molecule has 0 saturated heterocycles. The summed E-state index contributed by atoms with van der Waals surface area (Å²) in [5, 5.41) is 0. The number of hydrogen-bond donors (Lipinski definition) is 2. The van der Waals surface area contributed by atoms with E-state index in [1.54, 1.807) is 0 Å². The SMILES string of the molecule is NCc1cc(OC2CC2)cc(CN)n1. The fourth-order valence-corrected chi connectivity index (χ4v) is 1.27. The van der Waals surface area contributed by atoms with E-state index in [2.05, 4.69) is 4.98 Å². The van der Waals surface area contributed by atoms with Crippen molar-refractivity contribution in [2.75, 3.05) is 0 Å². The highest BCUT2D eigenvalue weighted by atomic mass is 16.5. The third-order valence-corrected chi connectivity index (χ3v) is 2.15. The number of pyridine rings is 1. The fraction of sp³-hybridized carbons (Fsp3) is 0.500. The van der Waals surface area contributed by atoms with Crippen LogP contribution in [0.25, 0.3) is 0 Å². The minimum Gasteiger partial charge on any atom is -0.490 e. The van der Waals surface area contributed by atoms with E-state index in [1.807, 2.05) is 12.1 Å². The highest BCUT2D eigenvalue weighted by molar-refractivity contribution is 5.27. The largest absolute Gasteiger partial charge is 0.490 e. The number of hydrogen-bond acceptors (Lipinski definition) is 4. The van der Waals surface area contributed by atoms with Crippen LogP contribution in [0.2, 0.25) is 0 Å². The first-order valence-electron chi connectivity index (χ1n) is 4.88. The van der Waals surface area contributed by atoms with Gasteiger partial charge in [0.05, 0.1) is 17.5 Å². The number of nitrogens with zero attached hydrogens (tertiary/aromatic N) is 1. The lowest BCUT2D eigenvalue weighted by molar-refractivity contribution is 0.302. The molecule has 1 heterocycles. The van der Waals surface area contributed by atoms with Crippen molar-refractivity contribution in [1.29, 1.82) is 0 Å². The van der Waals surface area contributed by atoms with Crippen molar-refractivity contribution in [3.05, 3.63) is 23.5 Å². The van der Waals surface area contributed by atoms with Gasteiger partial charge in [0.25, 0.3) is 0 Å². The molecule has 1 aliphatic carbocycles. The van der Waals surface area contributed by atoms with Crippen LogP contribution in [0.4, 0.5) is 0 Å². The van der Waals surface area contributed by atoms with E-state index in [-0.39, 0.29) is 0 Å². The predicted octanol–water partition coefficient (Wildman–Crippen LogP) is 0.540. The highest BCUT2D eigenvalue weighted by Crippen LogP contribution is 2.27. The van der Waals surface area contributed by atoms with E-state index in [9.17, 15) is 0 Å². The normalized spacial score (nSPS) is 15.6. The van der Waals surface area contributed by atoms with Crippen molar-refractivity contribution in [3.8, 4) is 5.75 Å². The second-order valence-corrected chi connectivity index (χ2v) is 3.51. The third-order valence-electron chi connectivity index (χ3n) is 2.15. The smallest absolute Gasteiger partial charge is 0.123 e. The predicted molar refractivity (Wildman–Crippen MR) is 53.7 cm³/mol. The van der Waals surface area contributed by atoms with Gasteiger partial charge in [-0.15, -0.1) is 0 Å². The van der Waals surface area contributed by atoms with Gasteiger partial charge in [-0.3, -0.25) is 4.98 Å². The van der Waals surface area contributed by atoms with Gasteiger partial charge in [0.15, 0.2) is 0 Å². The van der Waals surface area contributed by atoms with Crippen molar-refractivity contribution >= 4 is 0 Å². The maximum Gasteiger partial charge on any atom is 0.123 e. The molecule has 14 heavy (non-hydrogen) atoms. The van der Waals surface area contributed by atoms with Gasteiger partial charge in [0.1, 0.15) is 5.75 Å². The lowest BCUT2D eigenvalue weighted by Gasteiger charge is -2.07. The molecular formula is C10H15N3O. The molecule has 0 amide bonds. The summed E-state index contributed by atoms with van der Waals surface area (Å²) in [6.45, 7) is 0.851. The van der Waals surface area contributed by atoms with Crippen LogP contribution in [0.1, 0.15) is 24.2 Å². The van der Waals surface area contributed by atoms with Crippen LogP contribution in [0.15, 0.2) is 12.1 Å². The van der Waals surface area contributed by atoms with Gasteiger partial charge in [-0.05, 0) is 12.8 Å². The molecule has 4 nitrogen and oxygen atoms in total. The summed E-state index contributed by atoms with van der Waals surface area (Å²) in [7, 11) is 0. The van der Waals surface area contributed by atoms with Crippen LogP contribution < -0.4 is 16.2 Å². The maximum absolute atomic E-state index is 5.66. The molecule has 0 aromatic carbocycles. The molecule has 1 saturated carbocycles. The van der Waals surface area contributed by atoms with E-state index in [0.717, 1.165) is 30.0 Å². The molecule has 0 unspecified atom stereocenters. The molecule has 2 rings (SSSR count). The molecule has 4 heteroatoms. The lowest BCUT2D eigenvalue weighted by Crippen LogP contribution is -2.07. The molecule has 1 aromatic heterocycles. The monoisotopic (exact) mass is 193 g/mol. The topological polar surface area (TPSA) is 74.2 Å². The first kappa shape index (κ1) is 9.43. The van der Waals surface area contributed by atoms with Crippen molar-refractivity contribution in [3.63, 3.8) is 0 Å². The van der Waals surface area contributed by atoms with Gasteiger partial charge in [-0.2, -0.15) is 0 Å². The zero-order valence-electron chi connectivity index (χ0n) is 8.07. The molecule has 0 aliphatic heterocycles. The minimum absolute atomic E-state index is 0.397. The van der Waals surface area contributed by atoms with E-state index < -0.39 is 0 Å². The molecule has 1 aromatic rings. The summed E-state index contributed by atoms with van der Waals surface area (Å²) in [5.41, 5.74) is 12.7. The average Bonchev–Trinajstić information content (AvgIpc) is 3.01. The lowest BCUT2D eigenvalue weighted by atomic mass is 10.3. The van der Waals surface area contributed by atoms with Gasteiger partial charge in [-0.25, -0.2) is 0 Å². The molecule has 0 radical (unpaired) electrons. The van der Waals surface area contributed by atoms with Crippen LogP contribution >= 0.6 is 0 Å². The van der Waals surface area contributed by atoms with Gasteiger partial charge < -0.3 is 16.2 Å². The van der Waals surface area contributed by atoms with Gasteiger partial charge in [0.2, 0.25) is 0 Å². The fourth-order valence-electron chi connectivity index (χ4n) is 1.27. The minimum atomic E-state index is 0.397. The molecule has 0 bridgehead atoms. The average molecular weight is 193 g/mol. The van der Waals surface area contributed by atoms with E-state index in [0.29, 0.717) is 19.2 Å². The highest BCUT2D eigenvalue weighted by Gasteiger charge is 2.23. The Balaban J connectivity index is 2.19. The first-order chi connectivity index (χ1) is 6.81. The molecule has 1 aliphatic rings. The van der Waals surface area contributed by atoms with Crippen LogP contribution in [0.3, 0.4) is 0 Å². The van der Waals surface area contributed by atoms with Crippen molar-refractivity contribution in [2.45, 2.75) is 32.0 Å². The van der Waals surface area contributed by atoms with Crippen LogP contribution in [0.5, 0.6) is 5.75 Å². The summed E-state index contributed by atoms with van der Waals surface area (Å²) in [5.74, 6) is 0.850. The van der Waals surface area contributed by atoms with Gasteiger partial charge in [-0.1, -0.05) is 0 Å². The summed E-state index contributed by atoms with van der Waals surface area (Å²) in [4.78, 5) is 4.27. The van der Waals surface area contributed by atoms with Crippen LogP contribution in [0, 0.1) is 0 Å². The number of aromatic nitrogens is 1. The summed E-state index contributed by atoms with van der Waals surface area (Å²) < 4.78 is 5.66. The molecule has 76 valence electrons.